The fourth-order valence-electron chi connectivity index (χ4n) is 5.06. The van der Waals surface area contributed by atoms with Gasteiger partial charge >= 0.3 is 6.09 Å². The average molecular weight is 565 g/mol. The quantitative estimate of drug-likeness (QED) is 0.300. The minimum Gasteiger partial charge on any atom is -0.444 e. The third-order valence-corrected chi connectivity index (χ3v) is 8.13. The van der Waals surface area contributed by atoms with E-state index in [1.807, 2.05) is 54.0 Å². The Labute approximate surface area is 237 Å². The smallest absolute Gasteiger partial charge is 0.407 e. The molecule has 3 aromatic heterocycles. The van der Waals surface area contributed by atoms with Crippen LogP contribution in [-0.4, -0.2) is 76.9 Å². The van der Waals surface area contributed by atoms with Gasteiger partial charge in [-0.3, -0.25) is 9.89 Å². The second-order valence-electron chi connectivity index (χ2n) is 11.4. The Balaban J connectivity index is 1.41. The van der Waals surface area contributed by atoms with Crippen molar-refractivity contribution in [3.63, 3.8) is 0 Å². The van der Waals surface area contributed by atoms with Crippen molar-refractivity contribution < 1.29 is 14.3 Å². The molecule has 1 atom stereocenters. The number of aromatic amines is 1. The lowest BCUT2D eigenvalue weighted by molar-refractivity contribution is -0.133. The van der Waals surface area contributed by atoms with Crippen LogP contribution in [0.15, 0.2) is 24.7 Å². The average Bonchev–Trinajstić information content (AvgIpc) is 3.50. The Bertz CT molecular complexity index is 1550. The number of benzene rings is 1. The van der Waals surface area contributed by atoms with Crippen LogP contribution in [-0.2, 0) is 22.4 Å². The van der Waals surface area contributed by atoms with Gasteiger partial charge in [-0.05, 0) is 57.7 Å². The van der Waals surface area contributed by atoms with E-state index in [1.54, 1.807) is 28.8 Å². The topological polar surface area (TPSA) is 128 Å². The second-order valence-corrected chi connectivity index (χ2v) is 12.5. The first-order valence-electron chi connectivity index (χ1n) is 13.4. The number of amides is 2. The molecule has 40 heavy (non-hydrogen) atoms. The summed E-state index contributed by atoms with van der Waals surface area (Å²) in [5.74, 6) is 0.914. The molecule has 3 heterocycles. The van der Waals surface area contributed by atoms with Crippen molar-refractivity contribution in [3.05, 3.63) is 35.1 Å². The molecule has 12 heteroatoms. The molecule has 0 saturated heterocycles. The van der Waals surface area contributed by atoms with Crippen LogP contribution in [0, 0.1) is 5.92 Å². The molecule has 0 unspecified atom stereocenters. The van der Waals surface area contributed by atoms with Crippen LogP contribution in [0.25, 0.3) is 21.1 Å². The van der Waals surface area contributed by atoms with E-state index in [4.69, 9.17) is 4.74 Å². The number of ether oxygens (including phenoxy) is 1. The van der Waals surface area contributed by atoms with Crippen LogP contribution in [0.1, 0.15) is 37.6 Å². The number of H-pyrrole nitrogens is 1. The van der Waals surface area contributed by atoms with Crippen LogP contribution in [0.5, 0.6) is 0 Å². The number of carbonyl (C=O) groups excluding carboxylic acids is 2. The van der Waals surface area contributed by atoms with Crippen molar-refractivity contribution in [2.75, 3.05) is 44.4 Å². The van der Waals surface area contributed by atoms with E-state index in [0.29, 0.717) is 13.1 Å². The minimum atomic E-state index is -0.550. The molecule has 5 rings (SSSR count). The van der Waals surface area contributed by atoms with Gasteiger partial charge in [0, 0.05) is 50.4 Å². The fourth-order valence-corrected chi connectivity index (χ4v) is 6.33. The molecule has 0 radical (unpaired) electrons. The summed E-state index contributed by atoms with van der Waals surface area (Å²) in [5, 5.41) is 15.6. The predicted octanol–water partition coefficient (Wildman–Crippen LogP) is 4.47. The number of anilines is 3. The van der Waals surface area contributed by atoms with Crippen molar-refractivity contribution in [3.8, 4) is 0 Å². The van der Waals surface area contributed by atoms with Gasteiger partial charge in [0.2, 0.25) is 5.91 Å². The van der Waals surface area contributed by atoms with Gasteiger partial charge in [0.05, 0.1) is 28.5 Å². The lowest BCUT2D eigenvalue weighted by atomic mass is 9.87. The van der Waals surface area contributed by atoms with Gasteiger partial charge in [-0.15, -0.1) is 11.3 Å². The van der Waals surface area contributed by atoms with Crippen LogP contribution in [0.3, 0.4) is 0 Å². The Morgan fingerprint density at radius 2 is 2.00 bits per heavy atom. The molecule has 1 aliphatic carbocycles. The second kappa shape index (κ2) is 10.9. The van der Waals surface area contributed by atoms with Gasteiger partial charge in [0.1, 0.15) is 22.6 Å². The number of aryl methyl sites for hydroxylation is 1. The highest BCUT2D eigenvalue weighted by molar-refractivity contribution is 7.19. The summed E-state index contributed by atoms with van der Waals surface area (Å²) < 4.78 is 5.36. The van der Waals surface area contributed by atoms with E-state index in [0.717, 1.165) is 57.6 Å². The number of alkyl carbamates (subject to hydrolysis) is 1. The summed E-state index contributed by atoms with van der Waals surface area (Å²) >= 11 is 1.65. The summed E-state index contributed by atoms with van der Waals surface area (Å²) in [4.78, 5) is 39.9. The van der Waals surface area contributed by atoms with Crippen LogP contribution >= 0.6 is 11.3 Å². The maximum absolute atomic E-state index is 12.6. The molecule has 212 valence electrons. The molecule has 1 aliphatic rings. The summed E-state index contributed by atoms with van der Waals surface area (Å²) in [7, 11) is 5.61. The van der Waals surface area contributed by atoms with Gasteiger partial charge < -0.3 is 25.2 Å². The van der Waals surface area contributed by atoms with E-state index in [-0.39, 0.29) is 11.8 Å². The molecule has 0 aliphatic heterocycles. The van der Waals surface area contributed by atoms with Gasteiger partial charge in [-0.1, -0.05) is 0 Å². The summed E-state index contributed by atoms with van der Waals surface area (Å²) in [6.45, 7) is 6.49. The largest absolute Gasteiger partial charge is 0.444 e. The molecule has 3 N–H and O–H groups in total. The number of carbonyl (C=O) groups is 2. The van der Waals surface area contributed by atoms with Gasteiger partial charge in [0.25, 0.3) is 0 Å². The number of thiophene rings is 1. The number of aromatic nitrogens is 4. The Morgan fingerprint density at radius 1 is 1.20 bits per heavy atom. The zero-order chi connectivity index (χ0) is 28.6. The Morgan fingerprint density at radius 3 is 2.75 bits per heavy atom. The SMILES string of the molecule is CN(C)C(=O)[C@H]1CCc2c(sc3ncnc(Nc4cc5cn[nH]c5cc4N(C)CCNC(=O)OC(C)(C)C)c23)C1. The number of nitrogens with one attached hydrogen (secondary N) is 3. The summed E-state index contributed by atoms with van der Waals surface area (Å²) in [6.07, 6.45) is 5.28. The fraction of sp³-hybridized carbons (Fsp3) is 0.464. The van der Waals surface area contributed by atoms with Crippen LogP contribution < -0.4 is 15.5 Å². The van der Waals surface area contributed by atoms with E-state index in [9.17, 15) is 9.59 Å². The van der Waals surface area contributed by atoms with E-state index < -0.39 is 11.7 Å². The van der Waals surface area contributed by atoms with Gasteiger partial charge in [0.15, 0.2) is 0 Å². The molecule has 11 nitrogen and oxygen atoms in total. The molecular formula is C28H36N8O3S. The highest BCUT2D eigenvalue weighted by Crippen LogP contribution is 2.42. The molecule has 0 spiro atoms. The molecule has 0 bridgehead atoms. The number of nitrogens with zero attached hydrogens (tertiary/aromatic N) is 5. The Kier molecular flexibility index (Phi) is 7.54. The zero-order valence-electron chi connectivity index (χ0n) is 23.8. The Hall–Kier alpha value is -3.93. The number of rotatable bonds is 7. The standard InChI is InChI=1S/C28H36N8O3S/c1-28(2,3)39-27(38)29-9-10-36(6)21-13-19-17(14-32-34-19)11-20(21)33-24-23-18-8-7-16(26(37)35(4)5)12-22(18)40-25(23)31-15-30-24/h11,13-16H,7-10,12H2,1-6H3,(H,29,38)(H,32,34)(H,30,31,33)/t16-/m0/s1. The van der Waals surface area contributed by atoms with Crippen molar-refractivity contribution >= 4 is 61.6 Å². The molecule has 2 amide bonds. The van der Waals surface area contributed by atoms with Crippen molar-refractivity contribution in [2.24, 2.45) is 5.92 Å². The number of likely N-dealkylation sites (N-methyl/N-ethyl adjacent to an activating group) is 1. The maximum Gasteiger partial charge on any atom is 0.407 e. The molecular weight excluding hydrogens is 528 g/mol. The van der Waals surface area contributed by atoms with E-state index >= 15 is 0 Å². The summed E-state index contributed by atoms with van der Waals surface area (Å²) in [6, 6.07) is 4.08. The lowest BCUT2D eigenvalue weighted by Crippen LogP contribution is -2.37. The predicted molar refractivity (Wildman–Crippen MR) is 159 cm³/mol. The van der Waals surface area contributed by atoms with Crippen LogP contribution in [0.2, 0.25) is 0 Å². The first kappa shape index (κ1) is 27.6. The minimum absolute atomic E-state index is 0.00188. The third kappa shape index (κ3) is 5.81. The monoisotopic (exact) mass is 564 g/mol. The van der Waals surface area contributed by atoms with Crippen molar-refractivity contribution in [1.82, 2.24) is 30.4 Å². The highest BCUT2D eigenvalue weighted by atomic mass is 32.1. The number of hydrogen-bond acceptors (Lipinski definition) is 9. The van der Waals surface area contributed by atoms with Gasteiger partial charge in [-0.2, -0.15) is 5.10 Å². The van der Waals surface area contributed by atoms with E-state index in [1.165, 1.54) is 10.4 Å². The normalized spacial score (nSPS) is 15.1. The molecule has 4 aromatic rings. The lowest BCUT2D eigenvalue weighted by Gasteiger charge is -2.25. The van der Waals surface area contributed by atoms with Crippen molar-refractivity contribution in [1.29, 1.82) is 0 Å². The number of fused-ring (bicyclic) bond motifs is 4. The maximum atomic E-state index is 12.6. The molecule has 0 fully saturated rings. The summed E-state index contributed by atoms with van der Waals surface area (Å²) in [5.41, 5.74) is 3.38. The van der Waals surface area contributed by atoms with Crippen molar-refractivity contribution in [2.45, 2.75) is 45.6 Å². The molecule has 1 aromatic carbocycles. The zero-order valence-corrected chi connectivity index (χ0v) is 24.6. The van der Waals surface area contributed by atoms with Crippen LogP contribution in [0.4, 0.5) is 22.0 Å². The third-order valence-electron chi connectivity index (χ3n) is 6.97. The number of hydrogen-bond donors (Lipinski definition) is 3. The first-order valence-corrected chi connectivity index (χ1v) is 14.2. The van der Waals surface area contributed by atoms with E-state index in [2.05, 4.69) is 35.7 Å². The highest BCUT2D eigenvalue weighted by Gasteiger charge is 2.30. The van der Waals surface area contributed by atoms with Gasteiger partial charge in [-0.25, -0.2) is 14.8 Å². The molecule has 0 saturated carbocycles. The first-order chi connectivity index (χ1) is 19.0.